The lowest BCUT2D eigenvalue weighted by atomic mass is 10.1. The van der Waals surface area contributed by atoms with Gasteiger partial charge in [-0.2, -0.15) is 0 Å². The van der Waals surface area contributed by atoms with Gasteiger partial charge < -0.3 is 11.5 Å². The van der Waals surface area contributed by atoms with Crippen molar-refractivity contribution in [2.45, 2.75) is 13.3 Å². The minimum Gasteiger partial charge on any atom is -0.398 e. The fraction of sp³-hybridized carbons (Fsp3) is 0.182. The molecule has 0 bridgehead atoms. The van der Waals surface area contributed by atoms with E-state index in [9.17, 15) is 4.79 Å². The Morgan fingerprint density at radius 1 is 1.29 bits per heavy atom. The van der Waals surface area contributed by atoms with E-state index in [4.69, 9.17) is 11.5 Å². The van der Waals surface area contributed by atoms with Crippen LogP contribution in [0.5, 0.6) is 0 Å². The van der Waals surface area contributed by atoms with Gasteiger partial charge in [0, 0.05) is 11.8 Å². The number of hydrogen-bond acceptors (Lipinski definition) is 2. The summed E-state index contributed by atoms with van der Waals surface area (Å²) < 4.78 is 0. The monoisotopic (exact) mass is 190 g/mol. The lowest BCUT2D eigenvalue weighted by Gasteiger charge is -2.02. The van der Waals surface area contributed by atoms with Crippen LogP contribution in [-0.4, -0.2) is 5.91 Å². The maximum Gasteiger partial charge on any atom is 0.243 e. The van der Waals surface area contributed by atoms with Gasteiger partial charge in [0.2, 0.25) is 5.91 Å². The zero-order valence-corrected chi connectivity index (χ0v) is 8.16. The topological polar surface area (TPSA) is 69.1 Å². The molecule has 0 saturated carbocycles. The highest BCUT2D eigenvalue weighted by Crippen LogP contribution is 2.10. The Bertz CT molecular complexity index is 352. The predicted molar refractivity (Wildman–Crippen MR) is 57.2 cm³/mol. The fourth-order valence-electron chi connectivity index (χ4n) is 1.17. The van der Waals surface area contributed by atoms with Crippen LogP contribution in [0.4, 0.5) is 0 Å². The minimum absolute atomic E-state index is 0.403. The second-order valence-corrected chi connectivity index (χ2v) is 3.05. The van der Waals surface area contributed by atoms with Crippen LogP contribution in [0.15, 0.2) is 30.3 Å². The smallest absolute Gasteiger partial charge is 0.243 e. The van der Waals surface area contributed by atoms with Crippen molar-refractivity contribution in [1.29, 1.82) is 0 Å². The molecule has 3 nitrogen and oxygen atoms in total. The summed E-state index contributed by atoms with van der Waals surface area (Å²) in [5, 5.41) is 0. The number of primary amides is 1. The number of aryl methyl sites for hydroxylation is 1. The van der Waals surface area contributed by atoms with E-state index >= 15 is 0 Å². The summed E-state index contributed by atoms with van der Waals surface area (Å²) in [5.41, 5.74) is 13.1. The predicted octanol–water partition coefficient (Wildman–Crippen LogP) is 1.03. The zero-order valence-electron chi connectivity index (χ0n) is 8.16. The highest BCUT2D eigenvalue weighted by molar-refractivity contribution is 5.93. The maximum absolute atomic E-state index is 10.6. The standard InChI is InChI=1S/C11H14N2O/c1-2-8-3-5-9(6-4-8)10(12)7-11(13)14/h3-7H,2,12H2,1H3,(H2,13,14)/b10-7-. The van der Waals surface area contributed by atoms with Crippen LogP contribution >= 0.6 is 0 Å². The molecule has 0 saturated heterocycles. The van der Waals surface area contributed by atoms with Crippen molar-refractivity contribution >= 4 is 11.6 Å². The van der Waals surface area contributed by atoms with Crippen molar-refractivity contribution in [3.8, 4) is 0 Å². The molecule has 0 aliphatic carbocycles. The van der Waals surface area contributed by atoms with Gasteiger partial charge in [0.1, 0.15) is 0 Å². The van der Waals surface area contributed by atoms with E-state index in [-0.39, 0.29) is 0 Å². The molecule has 0 spiro atoms. The Morgan fingerprint density at radius 2 is 1.86 bits per heavy atom. The first kappa shape index (κ1) is 10.3. The van der Waals surface area contributed by atoms with Gasteiger partial charge in [-0.15, -0.1) is 0 Å². The van der Waals surface area contributed by atoms with Crippen LogP contribution in [-0.2, 0) is 11.2 Å². The number of rotatable bonds is 3. The number of carbonyl (C=O) groups is 1. The van der Waals surface area contributed by atoms with Crippen molar-refractivity contribution < 1.29 is 4.79 Å². The molecule has 1 rings (SSSR count). The Kier molecular flexibility index (Phi) is 3.29. The van der Waals surface area contributed by atoms with Crippen LogP contribution in [0, 0.1) is 0 Å². The molecule has 0 atom stereocenters. The Balaban J connectivity index is 2.92. The Labute approximate surface area is 83.4 Å². The van der Waals surface area contributed by atoms with Crippen molar-refractivity contribution in [2.24, 2.45) is 11.5 Å². The van der Waals surface area contributed by atoms with Crippen molar-refractivity contribution in [3.05, 3.63) is 41.5 Å². The summed E-state index contributed by atoms with van der Waals surface area (Å²) in [6.07, 6.45) is 2.21. The van der Waals surface area contributed by atoms with E-state index in [1.807, 2.05) is 24.3 Å². The van der Waals surface area contributed by atoms with Crippen molar-refractivity contribution in [3.63, 3.8) is 0 Å². The van der Waals surface area contributed by atoms with Crippen molar-refractivity contribution in [1.82, 2.24) is 0 Å². The molecule has 0 radical (unpaired) electrons. The summed E-state index contributed by atoms with van der Waals surface area (Å²) in [4.78, 5) is 10.6. The molecule has 0 aromatic heterocycles. The van der Waals surface area contributed by atoms with E-state index < -0.39 is 5.91 Å². The number of benzene rings is 1. The molecular formula is C11H14N2O. The van der Waals surface area contributed by atoms with Gasteiger partial charge in [-0.3, -0.25) is 4.79 Å². The average Bonchev–Trinajstić information content (AvgIpc) is 2.17. The summed E-state index contributed by atoms with van der Waals surface area (Å²) in [6.45, 7) is 2.08. The molecule has 0 fully saturated rings. The van der Waals surface area contributed by atoms with Crippen LogP contribution in [0.2, 0.25) is 0 Å². The third kappa shape index (κ3) is 2.62. The SMILES string of the molecule is CCc1ccc(/C(N)=C/C(N)=O)cc1. The average molecular weight is 190 g/mol. The van der Waals surface area contributed by atoms with E-state index in [0.717, 1.165) is 12.0 Å². The van der Waals surface area contributed by atoms with E-state index in [2.05, 4.69) is 6.92 Å². The van der Waals surface area contributed by atoms with Gasteiger partial charge >= 0.3 is 0 Å². The van der Waals surface area contributed by atoms with E-state index in [0.29, 0.717) is 5.70 Å². The van der Waals surface area contributed by atoms with Crippen LogP contribution in [0.3, 0.4) is 0 Å². The van der Waals surface area contributed by atoms with Crippen LogP contribution in [0.1, 0.15) is 18.1 Å². The lowest BCUT2D eigenvalue weighted by Crippen LogP contribution is -2.09. The Hall–Kier alpha value is -1.77. The zero-order chi connectivity index (χ0) is 10.6. The molecule has 1 aromatic rings. The normalized spacial score (nSPS) is 11.4. The summed E-state index contributed by atoms with van der Waals surface area (Å²) in [6, 6.07) is 7.73. The highest BCUT2D eigenvalue weighted by atomic mass is 16.1. The highest BCUT2D eigenvalue weighted by Gasteiger charge is 1.97. The Morgan fingerprint density at radius 3 is 2.29 bits per heavy atom. The van der Waals surface area contributed by atoms with Crippen LogP contribution < -0.4 is 11.5 Å². The van der Waals surface area contributed by atoms with Crippen molar-refractivity contribution in [2.75, 3.05) is 0 Å². The molecule has 4 N–H and O–H groups in total. The van der Waals surface area contributed by atoms with E-state index in [1.165, 1.54) is 11.6 Å². The van der Waals surface area contributed by atoms with Gasteiger partial charge in [0.05, 0.1) is 0 Å². The molecule has 1 aromatic carbocycles. The van der Waals surface area contributed by atoms with E-state index in [1.54, 1.807) is 0 Å². The molecular weight excluding hydrogens is 176 g/mol. The number of hydrogen-bond donors (Lipinski definition) is 2. The summed E-state index contributed by atoms with van der Waals surface area (Å²) in [7, 11) is 0. The number of amides is 1. The molecule has 1 amide bonds. The maximum atomic E-state index is 10.6. The number of nitrogens with two attached hydrogens (primary N) is 2. The second-order valence-electron chi connectivity index (χ2n) is 3.05. The van der Waals surface area contributed by atoms with Gasteiger partial charge in [-0.05, 0) is 17.5 Å². The molecule has 74 valence electrons. The molecule has 0 aliphatic rings. The quantitative estimate of drug-likeness (QED) is 0.699. The van der Waals surface area contributed by atoms with Gasteiger partial charge in [-0.25, -0.2) is 0 Å². The lowest BCUT2D eigenvalue weighted by molar-refractivity contribution is -0.113. The number of carbonyl (C=O) groups excluding carboxylic acids is 1. The van der Waals surface area contributed by atoms with Gasteiger partial charge in [0.25, 0.3) is 0 Å². The first-order valence-electron chi connectivity index (χ1n) is 4.49. The third-order valence-corrected chi connectivity index (χ3v) is 1.99. The largest absolute Gasteiger partial charge is 0.398 e. The molecule has 0 heterocycles. The molecule has 3 heteroatoms. The first-order valence-corrected chi connectivity index (χ1v) is 4.49. The van der Waals surface area contributed by atoms with Gasteiger partial charge in [0.15, 0.2) is 0 Å². The summed E-state index contributed by atoms with van der Waals surface area (Å²) >= 11 is 0. The first-order chi connectivity index (χ1) is 6.63. The summed E-state index contributed by atoms with van der Waals surface area (Å²) in [5.74, 6) is -0.526. The fourth-order valence-corrected chi connectivity index (χ4v) is 1.17. The van der Waals surface area contributed by atoms with Crippen LogP contribution in [0.25, 0.3) is 5.70 Å². The molecule has 14 heavy (non-hydrogen) atoms. The minimum atomic E-state index is -0.526. The van der Waals surface area contributed by atoms with Gasteiger partial charge in [-0.1, -0.05) is 31.2 Å². The molecule has 0 unspecified atom stereocenters. The second kappa shape index (κ2) is 4.46. The third-order valence-electron chi connectivity index (χ3n) is 1.99. The molecule has 0 aliphatic heterocycles.